The average molecular weight is 244 g/mol. The van der Waals surface area contributed by atoms with Crippen molar-refractivity contribution in [3.05, 3.63) is 35.4 Å². The second kappa shape index (κ2) is 5.19. The fraction of sp³-hybridized carbons (Fsp3) is 0.429. The zero-order valence-electron chi connectivity index (χ0n) is 10.4. The third kappa shape index (κ3) is 2.36. The molecule has 1 heterocycles. The minimum absolute atomic E-state index is 0.204. The number of rotatable bonds is 3. The first-order valence-electron chi connectivity index (χ1n) is 6.03. The fourth-order valence-corrected chi connectivity index (χ4v) is 2.44. The third-order valence-electron chi connectivity index (χ3n) is 3.41. The van der Waals surface area contributed by atoms with Crippen LogP contribution in [0.3, 0.4) is 0 Å². The first-order valence-corrected chi connectivity index (χ1v) is 6.03. The van der Waals surface area contributed by atoms with Crippen molar-refractivity contribution in [3.63, 3.8) is 0 Å². The number of nitrogens with one attached hydrogen (secondary N) is 1. The smallest absolute Gasteiger partial charge is 0.326 e. The highest BCUT2D eigenvalue weighted by Crippen LogP contribution is 2.25. The standard InChI is InChI=1S/C14H16N2O2/c1-18-13(17)14(7-2-8-16-14)9-11-3-5-12(10-15)6-4-11/h3-6,16H,2,7-9H2,1H3/t14-/m1/s1. The molecule has 4 heteroatoms. The second-order valence-electron chi connectivity index (χ2n) is 4.59. The predicted octanol–water partition coefficient (Wildman–Crippen LogP) is 1.40. The van der Waals surface area contributed by atoms with Gasteiger partial charge < -0.3 is 10.1 Å². The molecule has 1 aromatic rings. The molecule has 94 valence electrons. The van der Waals surface area contributed by atoms with Gasteiger partial charge in [-0.05, 0) is 37.1 Å². The van der Waals surface area contributed by atoms with Crippen LogP contribution in [0, 0.1) is 11.3 Å². The number of methoxy groups -OCH3 is 1. The van der Waals surface area contributed by atoms with Crippen LogP contribution in [0.5, 0.6) is 0 Å². The molecular weight excluding hydrogens is 228 g/mol. The summed E-state index contributed by atoms with van der Waals surface area (Å²) in [5, 5.41) is 12.0. The zero-order valence-corrected chi connectivity index (χ0v) is 10.4. The molecule has 1 aliphatic rings. The van der Waals surface area contributed by atoms with Crippen molar-refractivity contribution in [3.8, 4) is 6.07 Å². The Morgan fingerprint density at radius 2 is 2.22 bits per heavy atom. The van der Waals surface area contributed by atoms with Crippen LogP contribution >= 0.6 is 0 Å². The van der Waals surface area contributed by atoms with Gasteiger partial charge in [0.25, 0.3) is 0 Å². The summed E-state index contributed by atoms with van der Waals surface area (Å²) in [6, 6.07) is 9.41. The average Bonchev–Trinajstić information content (AvgIpc) is 2.88. The Labute approximate surface area is 107 Å². The van der Waals surface area contributed by atoms with Crippen molar-refractivity contribution < 1.29 is 9.53 Å². The number of esters is 1. The molecule has 0 radical (unpaired) electrons. The van der Waals surface area contributed by atoms with Gasteiger partial charge in [0.15, 0.2) is 0 Å². The van der Waals surface area contributed by atoms with E-state index in [4.69, 9.17) is 10.00 Å². The van der Waals surface area contributed by atoms with E-state index in [2.05, 4.69) is 11.4 Å². The first kappa shape index (κ1) is 12.6. The summed E-state index contributed by atoms with van der Waals surface area (Å²) in [6.07, 6.45) is 2.37. The molecule has 1 aliphatic heterocycles. The van der Waals surface area contributed by atoms with E-state index in [9.17, 15) is 4.79 Å². The highest BCUT2D eigenvalue weighted by Gasteiger charge is 2.41. The Morgan fingerprint density at radius 1 is 1.50 bits per heavy atom. The van der Waals surface area contributed by atoms with E-state index in [-0.39, 0.29) is 5.97 Å². The maximum Gasteiger partial charge on any atom is 0.326 e. The molecule has 4 nitrogen and oxygen atoms in total. The molecule has 1 fully saturated rings. The number of nitrogens with zero attached hydrogens (tertiary/aromatic N) is 1. The molecule has 1 saturated heterocycles. The lowest BCUT2D eigenvalue weighted by Crippen LogP contribution is -2.50. The number of benzene rings is 1. The van der Waals surface area contributed by atoms with Gasteiger partial charge in [-0.15, -0.1) is 0 Å². The van der Waals surface area contributed by atoms with Gasteiger partial charge in [0.05, 0.1) is 18.7 Å². The number of nitriles is 1. The lowest BCUT2D eigenvalue weighted by Gasteiger charge is -2.26. The minimum atomic E-state index is -0.594. The number of ether oxygens (including phenoxy) is 1. The SMILES string of the molecule is COC(=O)[C@]1(Cc2ccc(C#N)cc2)CCCN1. The van der Waals surface area contributed by atoms with E-state index in [0.29, 0.717) is 12.0 Å². The summed E-state index contributed by atoms with van der Waals surface area (Å²) in [6.45, 7) is 0.839. The highest BCUT2D eigenvalue weighted by molar-refractivity contribution is 5.81. The number of carbonyl (C=O) groups is 1. The molecule has 0 amide bonds. The molecule has 18 heavy (non-hydrogen) atoms. The van der Waals surface area contributed by atoms with Gasteiger partial charge >= 0.3 is 5.97 Å². The van der Waals surface area contributed by atoms with E-state index in [1.165, 1.54) is 7.11 Å². The Bertz CT molecular complexity index is 468. The molecule has 0 unspecified atom stereocenters. The summed E-state index contributed by atoms with van der Waals surface area (Å²) >= 11 is 0. The predicted molar refractivity (Wildman–Crippen MR) is 66.8 cm³/mol. The highest BCUT2D eigenvalue weighted by atomic mass is 16.5. The van der Waals surface area contributed by atoms with Crippen LogP contribution in [0.25, 0.3) is 0 Å². The molecule has 0 aromatic heterocycles. The van der Waals surface area contributed by atoms with Gasteiger partial charge in [0.1, 0.15) is 5.54 Å². The summed E-state index contributed by atoms with van der Waals surface area (Å²) in [5.74, 6) is -0.204. The van der Waals surface area contributed by atoms with Gasteiger partial charge in [-0.3, -0.25) is 4.79 Å². The van der Waals surface area contributed by atoms with Gasteiger partial charge in [-0.1, -0.05) is 12.1 Å². The quantitative estimate of drug-likeness (QED) is 0.816. The van der Waals surface area contributed by atoms with Crippen LogP contribution < -0.4 is 5.32 Å². The van der Waals surface area contributed by atoms with E-state index in [1.807, 2.05) is 12.1 Å². The van der Waals surface area contributed by atoms with Crippen LogP contribution in [0.1, 0.15) is 24.0 Å². The number of hydrogen-bond donors (Lipinski definition) is 1. The molecule has 1 N–H and O–H groups in total. The van der Waals surface area contributed by atoms with Crippen molar-refractivity contribution >= 4 is 5.97 Å². The van der Waals surface area contributed by atoms with E-state index in [0.717, 1.165) is 24.9 Å². The number of carbonyl (C=O) groups excluding carboxylic acids is 1. The molecule has 2 rings (SSSR count). The van der Waals surface area contributed by atoms with Crippen LogP contribution in [-0.4, -0.2) is 25.2 Å². The monoisotopic (exact) mass is 244 g/mol. The van der Waals surface area contributed by atoms with Gasteiger partial charge in [0.2, 0.25) is 0 Å². The van der Waals surface area contributed by atoms with Crippen LogP contribution in [0.2, 0.25) is 0 Å². The van der Waals surface area contributed by atoms with Crippen molar-refractivity contribution in [2.75, 3.05) is 13.7 Å². The summed E-state index contributed by atoms with van der Waals surface area (Å²) < 4.78 is 4.90. The maximum absolute atomic E-state index is 11.9. The zero-order chi connectivity index (χ0) is 13.0. The van der Waals surface area contributed by atoms with Gasteiger partial charge in [-0.2, -0.15) is 5.26 Å². The fourth-order valence-electron chi connectivity index (χ4n) is 2.44. The molecule has 0 spiro atoms. The summed E-state index contributed by atoms with van der Waals surface area (Å²) in [4.78, 5) is 11.9. The maximum atomic E-state index is 11.9. The Hall–Kier alpha value is -1.86. The van der Waals surface area contributed by atoms with Crippen molar-refractivity contribution in [2.45, 2.75) is 24.8 Å². The molecule has 1 atom stereocenters. The molecule has 0 aliphatic carbocycles. The number of hydrogen-bond acceptors (Lipinski definition) is 4. The lowest BCUT2D eigenvalue weighted by atomic mass is 9.89. The molecule has 1 aromatic carbocycles. The topological polar surface area (TPSA) is 62.1 Å². The third-order valence-corrected chi connectivity index (χ3v) is 3.41. The van der Waals surface area contributed by atoms with Crippen molar-refractivity contribution in [1.82, 2.24) is 5.32 Å². The Balaban J connectivity index is 2.19. The lowest BCUT2D eigenvalue weighted by molar-refractivity contribution is -0.148. The van der Waals surface area contributed by atoms with E-state index >= 15 is 0 Å². The second-order valence-corrected chi connectivity index (χ2v) is 4.59. The van der Waals surface area contributed by atoms with Crippen LogP contribution in [0.15, 0.2) is 24.3 Å². The molecule has 0 saturated carbocycles. The molecular formula is C14H16N2O2. The van der Waals surface area contributed by atoms with Crippen LogP contribution in [-0.2, 0) is 16.0 Å². The van der Waals surface area contributed by atoms with E-state index in [1.54, 1.807) is 12.1 Å². The Kier molecular flexibility index (Phi) is 3.63. The van der Waals surface area contributed by atoms with Gasteiger partial charge in [-0.25, -0.2) is 0 Å². The first-order chi connectivity index (χ1) is 8.70. The summed E-state index contributed by atoms with van der Waals surface area (Å²) in [7, 11) is 1.42. The molecule has 0 bridgehead atoms. The minimum Gasteiger partial charge on any atom is -0.468 e. The largest absolute Gasteiger partial charge is 0.468 e. The van der Waals surface area contributed by atoms with Gasteiger partial charge in [0, 0.05) is 6.42 Å². The van der Waals surface area contributed by atoms with Crippen LogP contribution in [0.4, 0.5) is 0 Å². The van der Waals surface area contributed by atoms with Crippen molar-refractivity contribution in [2.24, 2.45) is 0 Å². The Morgan fingerprint density at radius 3 is 2.72 bits per heavy atom. The normalized spacial score (nSPS) is 22.4. The summed E-state index contributed by atoms with van der Waals surface area (Å²) in [5.41, 5.74) is 1.07. The van der Waals surface area contributed by atoms with E-state index < -0.39 is 5.54 Å². The van der Waals surface area contributed by atoms with Crippen molar-refractivity contribution in [1.29, 1.82) is 5.26 Å².